The molecule has 1 aliphatic rings. The molecule has 0 amide bonds. The van der Waals surface area contributed by atoms with Gasteiger partial charge in [-0.1, -0.05) is 61.8 Å². The molecular weight excluding hydrogens is 604 g/mol. The number of unbranched alkanes of at least 4 members (excludes halogenated alkanes) is 1. The van der Waals surface area contributed by atoms with Crippen LogP contribution in [0.4, 0.5) is 5.95 Å². The zero-order valence-corrected chi connectivity index (χ0v) is 25.6. The third-order valence-electron chi connectivity index (χ3n) is 6.12. The number of benzene rings is 2. The second kappa shape index (κ2) is 13.6. The van der Waals surface area contributed by atoms with Crippen LogP contribution >= 0.6 is 39.3 Å². The van der Waals surface area contributed by atoms with Crippen molar-refractivity contribution in [3.8, 4) is 11.5 Å². The zero-order chi connectivity index (χ0) is 27.9. The molecule has 1 aromatic heterocycles. The highest BCUT2D eigenvalue weighted by atomic mass is 79.9. The van der Waals surface area contributed by atoms with Crippen LogP contribution in [0.1, 0.15) is 57.2 Å². The van der Waals surface area contributed by atoms with Gasteiger partial charge in [0.05, 0.1) is 30.4 Å². The molecule has 0 saturated heterocycles. The maximum absolute atomic E-state index is 13.3. The lowest BCUT2D eigenvalue weighted by atomic mass is 9.95. The molecule has 8 nitrogen and oxygen atoms in total. The molecule has 1 aliphatic heterocycles. The summed E-state index contributed by atoms with van der Waals surface area (Å²) in [5.74, 6) is 1.91. The van der Waals surface area contributed by atoms with Crippen LogP contribution in [0.5, 0.6) is 11.5 Å². The van der Waals surface area contributed by atoms with Crippen LogP contribution in [0.25, 0.3) is 0 Å². The summed E-state index contributed by atoms with van der Waals surface area (Å²) in [5, 5.41) is 9.30. The van der Waals surface area contributed by atoms with Crippen molar-refractivity contribution in [3.05, 3.63) is 68.3 Å². The van der Waals surface area contributed by atoms with E-state index in [9.17, 15) is 4.79 Å². The van der Waals surface area contributed by atoms with Crippen LogP contribution in [-0.2, 0) is 15.3 Å². The summed E-state index contributed by atoms with van der Waals surface area (Å²) in [4.78, 5) is 18.0. The minimum atomic E-state index is -0.595. The molecule has 1 N–H and O–H groups in total. The van der Waals surface area contributed by atoms with E-state index >= 15 is 0 Å². The van der Waals surface area contributed by atoms with Gasteiger partial charge >= 0.3 is 5.97 Å². The highest BCUT2D eigenvalue weighted by Gasteiger charge is 2.36. The first kappa shape index (κ1) is 29.3. The number of ether oxygens (including phenoxy) is 3. The van der Waals surface area contributed by atoms with E-state index in [2.05, 4.69) is 28.2 Å². The lowest BCUT2D eigenvalue weighted by molar-refractivity contribution is -0.139. The molecule has 0 saturated carbocycles. The SMILES string of the molecule is CCCCOc1c(Br)cc(C2C(C(=O)OCCC)=C(C)Nc3nc(SCc4ccccc4Cl)nn32)cc1OC. The Morgan fingerprint density at radius 1 is 1.21 bits per heavy atom. The lowest BCUT2D eigenvalue weighted by Crippen LogP contribution is -2.30. The van der Waals surface area contributed by atoms with Gasteiger partial charge in [0.2, 0.25) is 11.1 Å². The molecule has 0 radical (unpaired) electrons. The van der Waals surface area contributed by atoms with Crippen LogP contribution in [0.2, 0.25) is 5.02 Å². The van der Waals surface area contributed by atoms with E-state index in [-0.39, 0.29) is 0 Å². The molecule has 0 fully saturated rings. The molecule has 2 heterocycles. The first-order valence-electron chi connectivity index (χ1n) is 12.9. The molecule has 39 heavy (non-hydrogen) atoms. The van der Waals surface area contributed by atoms with Gasteiger partial charge in [-0.05, 0) is 65.0 Å². The minimum Gasteiger partial charge on any atom is -0.493 e. The van der Waals surface area contributed by atoms with Crippen molar-refractivity contribution in [1.29, 1.82) is 0 Å². The molecule has 0 aliphatic carbocycles. The smallest absolute Gasteiger partial charge is 0.338 e. The molecule has 1 atom stereocenters. The molecule has 4 rings (SSSR count). The van der Waals surface area contributed by atoms with Gasteiger partial charge < -0.3 is 19.5 Å². The van der Waals surface area contributed by atoms with Crippen LogP contribution in [0, 0.1) is 0 Å². The van der Waals surface area contributed by atoms with Crippen LogP contribution < -0.4 is 14.8 Å². The number of esters is 1. The van der Waals surface area contributed by atoms with Crippen molar-refractivity contribution in [1.82, 2.24) is 14.8 Å². The number of allylic oxidation sites excluding steroid dienone is 1. The third kappa shape index (κ3) is 6.73. The summed E-state index contributed by atoms with van der Waals surface area (Å²) in [6, 6.07) is 10.9. The Bertz CT molecular complexity index is 1360. The van der Waals surface area contributed by atoms with Crippen molar-refractivity contribution in [3.63, 3.8) is 0 Å². The van der Waals surface area contributed by atoms with Crippen molar-refractivity contribution < 1.29 is 19.0 Å². The standard InChI is InChI=1S/C28H32BrClN4O4S/c1-5-7-13-37-25-20(29)14-19(15-22(25)36-4)24-23(26(35)38-12-6-2)17(3)31-27-32-28(33-34(24)27)39-16-18-10-8-9-11-21(18)30/h8-11,14-15,24H,5-7,12-13,16H2,1-4H3,(H,31,32,33). The van der Waals surface area contributed by atoms with Crippen molar-refractivity contribution in [2.45, 2.75) is 57.0 Å². The number of methoxy groups -OCH3 is 1. The van der Waals surface area contributed by atoms with Gasteiger partial charge in [0.15, 0.2) is 11.5 Å². The van der Waals surface area contributed by atoms with Crippen LogP contribution in [-0.4, -0.2) is 41.1 Å². The Morgan fingerprint density at radius 3 is 2.72 bits per heavy atom. The van der Waals surface area contributed by atoms with E-state index in [0.717, 1.165) is 34.9 Å². The van der Waals surface area contributed by atoms with Gasteiger partial charge in [-0.2, -0.15) is 4.98 Å². The third-order valence-corrected chi connectivity index (χ3v) is 7.96. The van der Waals surface area contributed by atoms with Crippen molar-refractivity contribution in [2.75, 3.05) is 25.6 Å². The largest absolute Gasteiger partial charge is 0.493 e. The van der Waals surface area contributed by atoms with Crippen molar-refractivity contribution in [2.24, 2.45) is 0 Å². The van der Waals surface area contributed by atoms with Gasteiger partial charge in [0.1, 0.15) is 6.04 Å². The molecular formula is C28H32BrClN4O4S. The van der Waals surface area contributed by atoms with Gasteiger partial charge in [0, 0.05) is 16.5 Å². The Hall–Kier alpha value is -2.69. The normalized spacial score (nSPS) is 14.6. The second-order valence-corrected chi connectivity index (χ2v) is 11.2. The minimum absolute atomic E-state index is 0.322. The number of hydrogen-bond donors (Lipinski definition) is 1. The Balaban J connectivity index is 1.74. The summed E-state index contributed by atoms with van der Waals surface area (Å²) in [6.45, 7) is 6.81. The number of rotatable bonds is 12. The van der Waals surface area contributed by atoms with E-state index in [1.165, 1.54) is 11.8 Å². The van der Waals surface area contributed by atoms with Gasteiger partial charge in [-0.15, -0.1) is 5.10 Å². The molecule has 3 aromatic rings. The molecule has 0 spiro atoms. The summed E-state index contributed by atoms with van der Waals surface area (Å²) in [5.41, 5.74) is 2.88. The summed E-state index contributed by atoms with van der Waals surface area (Å²) >= 11 is 11.5. The fraction of sp³-hybridized carbons (Fsp3) is 0.393. The molecule has 208 valence electrons. The Labute approximate surface area is 246 Å². The van der Waals surface area contributed by atoms with E-state index in [1.807, 2.05) is 50.2 Å². The predicted molar refractivity (Wildman–Crippen MR) is 158 cm³/mol. The van der Waals surface area contributed by atoms with Gasteiger partial charge in [-0.3, -0.25) is 0 Å². The first-order chi connectivity index (χ1) is 18.9. The monoisotopic (exact) mass is 634 g/mol. The average molecular weight is 636 g/mol. The first-order valence-corrected chi connectivity index (χ1v) is 15.0. The summed E-state index contributed by atoms with van der Waals surface area (Å²) in [7, 11) is 1.60. The number of nitrogens with one attached hydrogen (secondary N) is 1. The molecule has 1 unspecified atom stereocenters. The number of halogens is 2. The lowest BCUT2D eigenvalue weighted by Gasteiger charge is -2.28. The number of hydrogen-bond acceptors (Lipinski definition) is 8. The number of thioether (sulfide) groups is 1. The van der Waals surface area contributed by atoms with E-state index in [0.29, 0.717) is 57.9 Å². The highest BCUT2D eigenvalue weighted by Crippen LogP contribution is 2.43. The number of aromatic nitrogens is 3. The van der Waals surface area contributed by atoms with Crippen LogP contribution in [0.3, 0.4) is 0 Å². The predicted octanol–water partition coefficient (Wildman–Crippen LogP) is 7.42. The fourth-order valence-corrected chi connectivity index (χ4v) is 5.84. The Kier molecular flexibility index (Phi) is 10.2. The van der Waals surface area contributed by atoms with E-state index in [1.54, 1.807) is 11.8 Å². The molecule has 0 bridgehead atoms. The number of anilines is 1. The quantitative estimate of drug-likeness (QED) is 0.125. The van der Waals surface area contributed by atoms with E-state index < -0.39 is 12.0 Å². The summed E-state index contributed by atoms with van der Waals surface area (Å²) in [6.07, 6.45) is 2.67. The number of carbonyl (C=O) groups excluding carboxylic acids is 1. The number of fused-ring (bicyclic) bond motifs is 1. The highest BCUT2D eigenvalue weighted by molar-refractivity contribution is 9.10. The maximum atomic E-state index is 13.3. The zero-order valence-electron chi connectivity index (χ0n) is 22.4. The average Bonchev–Trinajstić information content (AvgIpc) is 3.33. The Morgan fingerprint density at radius 2 is 2.00 bits per heavy atom. The number of carbonyl (C=O) groups is 1. The van der Waals surface area contributed by atoms with E-state index in [4.69, 9.17) is 35.9 Å². The fourth-order valence-electron chi connectivity index (χ4n) is 4.15. The van der Waals surface area contributed by atoms with Crippen molar-refractivity contribution >= 4 is 51.2 Å². The summed E-state index contributed by atoms with van der Waals surface area (Å²) < 4.78 is 19.7. The molecule has 2 aromatic carbocycles. The number of nitrogens with zero attached hydrogens (tertiary/aromatic N) is 3. The second-order valence-electron chi connectivity index (χ2n) is 8.98. The van der Waals surface area contributed by atoms with Gasteiger partial charge in [-0.25, -0.2) is 9.48 Å². The van der Waals surface area contributed by atoms with Gasteiger partial charge in [0.25, 0.3) is 0 Å². The van der Waals surface area contributed by atoms with Crippen LogP contribution in [0.15, 0.2) is 57.3 Å². The topological polar surface area (TPSA) is 87.5 Å². The molecule has 11 heteroatoms. The maximum Gasteiger partial charge on any atom is 0.338 e.